The molecule has 0 radical (unpaired) electrons. The normalized spacial score (nSPS) is 31.8. The van der Waals surface area contributed by atoms with Crippen LogP contribution in [0.25, 0.3) is 0 Å². The van der Waals surface area contributed by atoms with Crippen molar-refractivity contribution >= 4 is 27.3 Å². The topological polar surface area (TPSA) is 12.0 Å². The molecular weight excluding hydrogens is 330 g/mol. The van der Waals surface area contributed by atoms with E-state index in [9.17, 15) is 0 Å². The van der Waals surface area contributed by atoms with Crippen molar-refractivity contribution in [1.82, 2.24) is 5.32 Å². The van der Waals surface area contributed by atoms with Gasteiger partial charge in [-0.1, -0.05) is 25.7 Å². The molecule has 0 spiro atoms. The molecule has 0 bridgehead atoms. The third-order valence-electron chi connectivity index (χ3n) is 5.56. The highest BCUT2D eigenvalue weighted by Gasteiger charge is 2.35. The quantitative estimate of drug-likeness (QED) is 0.777. The highest BCUT2D eigenvalue weighted by atomic mass is 79.9. The monoisotopic (exact) mass is 355 g/mol. The fourth-order valence-electron chi connectivity index (χ4n) is 4.46. The Morgan fingerprint density at radius 2 is 2.05 bits per heavy atom. The molecule has 2 aliphatic rings. The van der Waals surface area contributed by atoms with E-state index < -0.39 is 0 Å². The number of hydrogen-bond acceptors (Lipinski definition) is 2. The maximum absolute atomic E-state index is 3.62. The molecular formula is C17H26BrNS. The minimum Gasteiger partial charge on any atom is -0.316 e. The van der Waals surface area contributed by atoms with Crippen LogP contribution >= 0.6 is 27.3 Å². The zero-order valence-corrected chi connectivity index (χ0v) is 14.8. The first-order chi connectivity index (χ1) is 9.76. The van der Waals surface area contributed by atoms with E-state index in [0.29, 0.717) is 6.04 Å². The SMILES string of the molecule is CNC(Cc1cc(Br)cs1)C1CCC2CCCCC2C1. The second kappa shape index (κ2) is 6.93. The van der Waals surface area contributed by atoms with Crippen LogP contribution in [0, 0.1) is 17.8 Å². The lowest BCUT2D eigenvalue weighted by atomic mass is 9.66. The molecule has 0 saturated heterocycles. The molecule has 1 N–H and O–H groups in total. The fourth-order valence-corrected chi connectivity index (χ4v) is 5.97. The summed E-state index contributed by atoms with van der Waals surface area (Å²) >= 11 is 5.47. The number of thiophene rings is 1. The molecule has 1 heterocycles. The van der Waals surface area contributed by atoms with Gasteiger partial charge in [-0.05, 0) is 72.5 Å². The van der Waals surface area contributed by atoms with Crippen LogP contribution < -0.4 is 5.32 Å². The maximum atomic E-state index is 3.62. The van der Waals surface area contributed by atoms with Gasteiger partial charge >= 0.3 is 0 Å². The Balaban J connectivity index is 1.61. The number of halogens is 1. The molecule has 2 saturated carbocycles. The molecule has 20 heavy (non-hydrogen) atoms. The van der Waals surface area contributed by atoms with Crippen molar-refractivity contribution < 1.29 is 0 Å². The van der Waals surface area contributed by atoms with Gasteiger partial charge < -0.3 is 5.32 Å². The summed E-state index contributed by atoms with van der Waals surface area (Å²) in [6.07, 6.45) is 11.6. The Hall–Kier alpha value is 0.140. The summed E-state index contributed by atoms with van der Waals surface area (Å²) in [7, 11) is 2.15. The van der Waals surface area contributed by atoms with Gasteiger partial charge in [0.1, 0.15) is 0 Å². The summed E-state index contributed by atoms with van der Waals surface area (Å²) in [6.45, 7) is 0. The van der Waals surface area contributed by atoms with Crippen LogP contribution in [0.2, 0.25) is 0 Å². The van der Waals surface area contributed by atoms with Gasteiger partial charge in [-0.2, -0.15) is 0 Å². The Morgan fingerprint density at radius 3 is 2.75 bits per heavy atom. The lowest BCUT2D eigenvalue weighted by Gasteiger charge is -2.42. The summed E-state index contributed by atoms with van der Waals surface area (Å²) < 4.78 is 1.24. The molecule has 2 aliphatic carbocycles. The van der Waals surface area contributed by atoms with E-state index in [0.717, 1.165) is 17.8 Å². The van der Waals surface area contributed by atoms with E-state index >= 15 is 0 Å². The molecule has 0 aliphatic heterocycles. The van der Waals surface area contributed by atoms with E-state index in [-0.39, 0.29) is 0 Å². The van der Waals surface area contributed by atoms with Gasteiger partial charge in [-0.15, -0.1) is 11.3 Å². The first-order valence-corrected chi connectivity index (χ1v) is 9.83. The Morgan fingerprint density at radius 1 is 1.25 bits per heavy atom. The van der Waals surface area contributed by atoms with Crippen molar-refractivity contribution in [3.8, 4) is 0 Å². The van der Waals surface area contributed by atoms with E-state index in [1.807, 2.05) is 11.3 Å². The first kappa shape index (κ1) is 15.1. The highest BCUT2D eigenvalue weighted by Crippen LogP contribution is 2.44. The molecule has 1 nitrogen and oxygen atoms in total. The van der Waals surface area contributed by atoms with Crippen LogP contribution in [0.15, 0.2) is 15.9 Å². The van der Waals surface area contributed by atoms with Crippen LogP contribution in [0.4, 0.5) is 0 Å². The lowest BCUT2D eigenvalue weighted by Crippen LogP contribution is -2.40. The maximum Gasteiger partial charge on any atom is 0.0285 e. The van der Waals surface area contributed by atoms with Gasteiger partial charge in [0.2, 0.25) is 0 Å². The van der Waals surface area contributed by atoms with Gasteiger partial charge in [0, 0.05) is 20.8 Å². The summed E-state index contributed by atoms with van der Waals surface area (Å²) in [5.41, 5.74) is 0. The smallest absolute Gasteiger partial charge is 0.0285 e. The summed E-state index contributed by atoms with van der Waals surface area (Å²) in [5, 5.41) is 5.82. The van der Waals surface area contributed by atoms with Crippen molar-refractivity contribution in [2.45, 2.75) is 57.4 Å². The minimum atomic E-state index is 0.670. The summed E-state index contributed by atoms with van der Waals surface area (Å²) in [6, 6.07) is 2.96. The Bertz CT molecular complexity index is 430. The predicted molar refractivity (Wildman–Crippen MR) is 91.4 cm³/mol. The van der Waals surface area contributed by atoms with Crippen LogP contribution in [-0.2, 0) is 6.42 Å². The zero-order chi connectivity index (χ0) is 13.9. The van der Waals surface area contributed by atoms with E-state index in [4.69, 9.17) is 0 Å². The molecule has 3 rings (SSSR count). The van der Waals surface area contributed by atoms with Crippen molar-refractivity contribution in [3.63, 3.8) is 0 Å². The van der Waals surface area contributed by atoms with E-state index in [1.165, 1.54) is 60.7 Å². The van der Waals surface area contributed by atoms with Crippen molar-refractivity contribution in [1.29, 1.82) is 0 Å². The largest absolute Gasteiger partial charge is 0.316 e. The molecule has 0 aromatic carbocycles. The Kier molecular flexibility index (Phi) is 5.22. The van der Waals surface area contributed by atoms with Crippen molar-refractivity contribution in [3.05, 3.63) is 20.8 Å². The third-order valence-corrected chi connectivity index (χ3v) is 7.28. The number of hydrogen-bond donors (Lipinski definition) is 1. The van der Waals surface area contributed by atoms with Gasteiger partial charge in [0.25, 0.3) is 0 Å². The van der Waals surface area contributed by atoms with Crippen LogP contribution in [0.5, 0.6) is 0 Å². The molecule has 3 heteroatoms. The van der Waals surface area contributed by atoms with E-state index in [2.05, 4.69) is 39.7 Å². The van der Waals surface area contributed by atoms with E-state index in [1.54, 1.807) is 0 Å². The second-order valence-corrected chi connectivity index (χ2v) is 8.62. The third kappa shape index (κ3) is 3.48. The number of nitrogens with one attached hydrogen (secondary N) is 1. The molecule has 2 fully saturated rings. The van der Waals surface area contributed by atoms with Crippen molar-refractivity contribution in [2.75, 3.05) is 7.05 Å². The standard InChI is InChI=1S/C17H26BrNS/c1-19-17(10-16-9-15(18)11-20-16)14-7-6-12-4-2-3-5-13(12)8-14/h9,11-14,17,19H,2-8,10H2,1H3. The number of likely N-dealkylation sites (N-methyl/N-ethyl adjacent to an activating group) is 1. The molecule has 112 valence electrons. The average Bonchev–Trinajstić information content (AvgIpc) is 2.89. The highest BCUT2D eigenvalue weighted by molar-refractivity contribution is 9.10. The second-order valence-electron chi connectivity index (χ2n) is 6.71. The molecule has 0 amide bonds. The Labute approximate surface area is 135 Å². The summed E-state index contributed by atoms with van der Waals surface area (Å²) in [4.78, 5) is 1.52. The van der Waals surface area contributed by atoms with Crippen LogP contribution in [0.3, 0.4) is 0 Å². The number of rotatable bonds is 4. The zero-order valence-electron chi connectivity index (χ0n) is 12.4. The molecule has 1 aromatic rings. The van der Waals surface area contributed by atoms with Gasteiger partial charge in [0.05, 0.1) is 0 Å². The molecule has 4 atom stereocenters. The average molecular weight is 356 g/mol. The summed E-state index contributed by atoms with van der Waals surface area (Å²) in [5.74, 6) is 2.99. The van der Waals surface area contributed by atoms with Gasteiger partial charge in [-0.3, -0.25) is 0 Å². The number of fused-ring (bicyclic) bond motifs is 1. The molecule has 4 unspecified atom stereocenters. The van der Waals surface area contributed by atoms with Gasteiger partial charge in [-0.25, -0.2) is 0 Å². The van der Waals surface area contributed by atoms with Gasteiger partial charge in [0.15, 0.2) is 0 Å². The lowest BCUT2D eigenvalue weighted by molar-refractivity contribution is 0.111. The van der Waals surface area contributed by atoms with Crippen molar-refractivity contribution in [2.24, 2.45) is 17.8 Å². The first-order valence-electron chi connectivity index (χ1n) is 8.16. The molecule has 1 aromatic heterocycles. The fraction of sp³-hybridized carbons (Fsp3) is 0.765. The minimum absolute atomic E-state index is 0.670. The predicted octanol–water partition coefficient (Wildman–Crippen LogP) is 5.25. The van der Waals surface area contributed by atoms with Crippen LogP contribution in [-0.4, -0.2) is 13.1 Å². The van der Waals surface area contributed by atoms with Crippen LogP contribution in [0.1, 0.15) is 49.8 Å².